The van der Waals surface area contributed by atoms with Crippen molar-refractivity contribution in [1.82, 2.24) is 19.7 Å². The minimum Gasteiger partial charge on any atom is -0.475 e. The Bertz CT molecular complexity index is 1050. The van der Waals surface area contributed by atoms with Gasteiger partial charge in [0.2, 0.25) is 11.8 Å². The summed E-state index contributed by atoms with van der Waals surface area (Å²) in [6, 6.07) is 5.49. The molecule has 17 heteroatoms. The van der Waals surface area contributed by atoms with E-state index in [-0.39, 0.29) is 23.5 Å². The number of ether oxygens (including phenoxy) is 1. The van der Waals surface area contributed by atoms with Crippen LogP contribution in [-0.4, -0.2) is 117 Å². The van der Waals surface area contributed by atoms with Crippen molar-refractivity contribution >= 4 is 23.8 Å². The molecule has 0 bridgehead atoms. The number of aliphatic carboxylic acids is 2. The van der Waals surface area contributed by atoms with Crippen molar-refractivity contribution in [1.29, 1.82) is 0 Å². The molecule has 2 amide bonds. The Kier molecular flexibility index (Phi) is 11.1. The lowest BCUT2D eigenvalue weighted by Gasteiger charge is -2.55. The number of aromatic nitrogens is 1. The van der Waals surface area contributed by atoms with Gasteiger partial charge in [0.15, 0.2) is 0 Å². The lowest BCUT2D eigenvalue weighted by atomic mass is 9.90. The number of morpholine rings is 1. The van der Waals surface area contributed by atoms with Crippen LogP contribution in [0.3, 0.4) is 0 Å². The Morgan fingerprint density at radius 2 is 1.56 bits per heavy atom. The Morgan fingerprint density at radius 3 is 1.98 bits per heavy atom. The predicted octanol–water partition coefficient (Wildman–Crippen LogP) is 2.02. The number of carboxylic acid groups (broad SMARTS) is 2. The molecule has 1 aromatic heterocycles. The number of amides is 2. The van der Waals surface area contributed by atoms with Crippen LogP contribution in [0, 0.1) is 5.92 Å². The molecule has 0 radical (unpaired) electrons. The van der Waals surface area contributed by atoms with Gasteiger partial charge in [-0.1, -0.05) is 6.07 Å². The highest BCUT2D eigenvalue weighted by Gasteiger charge is 2.52. The summed E-state index contributed by atoms with van der Waals surface area (Å²) in [6.07, 6.45) is -5.93. The number of likely N-dealkylation sites (tertiary alicyclic amines) is 1. The highest BCUT2D eigenvalue weighted by Crippen LogP contribution is 2.36. The second-order valence-electron chi connectivity index (χ2n) is 9.88. The fourth-order valence-corrected chi connectivity index (χ4v) is 4.07. The fraction of sp³-hybridized carbons (Fsp3) is 0.625. The number of hydrogen-bond donors (Lipinski definition) is 2. The molecule has 41 heavy (non-hydrogen) atoms. The number of alkyl halides is 6. The van der Waals surface area contributed by atoms with Gasteiger partial charge in [0.25, 0.3) is 0 Å². The van der Waals surface area contributed by atoms with Crippen LogP contribution in [0.2, 0.25) is 0 Å². The lowest BCUT2D eigenvalue weighted by molar-refractivity contribution is -0.205. The molecule has 0 aromatic carbocycles. The summed E-state index contributed by atoms with van der Waals surface area (Å²) in [6.45, 7) is 5.42. The fourth-order valence-electron chi connectivity index (χ4n) is 4.07. The number of halogens is 6. The highest BCUT2D eigenvalue weighted by molar-refractivity contribution is 5.82. The summed E-state index contributed by atoms with van der Waals surface area (Å²) < 4.78 is 69.6. The first-order valence-electron chi connectivity index (χ1n) is 12.2. The maximum absolute atomic E-state index is 13.1. The van der Waals surface area contributed by atoms with Crippen LogP contribution in [0.15, 0.2) is 24.4 Å². The molecule has 11 nitrogen and oxygen atoms in total. The Hall–Kier alpha value is -3.47. The quantitative estimate of drug-likeness (QED) is 0.486. The number of hydrogen-bond acceptors (Lipinski definition) is 7. The van der Waals surface area contributed by atoms with Gasteiger partial charge in [-0.05, 0) is 30.9 Å². The summed E-state index contributed by atoms with van der Waals surface area (Å²) >= 11 is 0. The lowest BCUT2D eigenvalue weighted by Crippen LogP contribution is -2.73. The average molecular weight is 601 g/mol. The summed E-state index contributed by atoms with van der Waals surface area (Å²) in [5, 5.41) is 14.2. The van der Waals surface area contributed by atoms with Gasteiger partial charge >= 0.3 is 24.3 Å². The number of nitrogens with zero attached hydrogens (tertiary/aromatic N) is 4. The van der Waals surface area contributed by atoms with Crippen LogP contribution in [0.25, 0.3) is 0 Å². The van der Waals surface area contributed by atoms with Gasteiger partial charge < -0.3 is 24.7 Å². The molecular weight excluding hydrogens is 570 g/mol. The molecular formula is C24H30F6N4O7. The molecule has 3 fully saturated rings. The maximum Gasteiger partial charge on any atom is 0.490 e. The zero-order valence-electron chi connectivity index (χ0n) is 22.1. The minimum absolute atomic E-state index is 0.0823. The van der Waals surface area contributed by atoms with Crippen molar-refractivity contribution in [2.24, 2.45) is 5.92 Å². The molecule has 3 aliphatic rings. The second-order valence-corrected chi connectivity index (χ2v) is 9.88. The summed E-state index contributed by atoms with van der Waals surface area (Å²) in [7, 11) is 1.83. The first-order chi connectivity index (χ1) is 18.8. The third kappa shape index (κ3) is 10.5. The zero-order chi connectivity index (χ0) is 31.2. The van der Waals surface area contributed by atoms with E-state index in [9.17, 15) is 35.9 Å². The van der Waals surface area contributed by atoms with Crippen LogP contribution in [-0.2, 0) is 30.5 Å². The van der Waals surface area contributed by atoms with Crippen molar-refractivity contribution in [3.63, 3.8) is 0 Å². The number of carbonyl (C=O) groups is 4. The Morgan fingerprint density at radius 1 is 1.02 bits per heavy atom. The van der Waals surface area contributed by atoms with Crippen LogP contribution in [0.4, 0.5) is 26.3 Å². The molecule has 2 saturated heterocycles. The summed E-state index contributed by atoms with van der Waals surface area (Å²) in [5.41, 5.74) is 0.586. The molecule has 1 saturated carbocycles. The van der Waals surface area contributed by atoms with Gasteiger partial charge in [-0.15, -0.1) is 0 Å². The van der Waals surface area contributed by atoms with E-state index < -0.39 is 24.3 Å². The molecule has 1 unspecified atom stereocenters. The maximum atomic E-state index is 13.1. The number of pyridine rings is 1. The van der Waals surface area contributed by atoms with E-state index in [0.717, 1.165) is 18.8 Å². The van der Waals surface area contributed by atoms with E-state index >= 15 is 0 Å². The Labute approximate surface area is 230 Å². The number of carbonyl (C=O) groups excluding carboxylic acids is 2. The number of rotatable bonds is 5. The van der Waals surface area contributed by atoms with E-state index in [0.29, 0.717) is 32.2 Å². The molecule has 1 aromatic rings. The van der Waals surface area contributed by atoms with Crippen LogP contribution in [0.5, 0.6) is 0 Å². The smallest absolute Gasteiger partial charge is 0.475 e. The van der Waals surface area contributed by atoms with Crippen molar-refractivity contribution < 1.29 is 60.5 Å². The molecule has 1 atom stereocenters. The van der Waals surface area contributed by atoms with Crippen molar-refractivity contribution in [2.45, 2.75) is 50.3 Å². The first-order valence-corrected chi connectivity index (χ1v) is 12.2. The topological polar surface area (TPSA) is 141 Å². The first kappa shape index (κ1) is 33.7. The van der Waals surface area contributed by atoms with Gasteiger partial charge in [0.1, 0.15) is 11.6 Å². The third-order valence-corrected chi connectivity index (χ3v) is 6.34. The predicted molar refractivity (Wildman–Crippen MR) is 127 cm³/mol. The largest absolute Gasteiger partial charge is 0.490 e. The normalized spacial score (nSPS) is 20.0. The molecule has 230 valence electrons. The van der Waals surface area contributed by atoms with Gasteiger partial charge in [0.05, 0.1) is 31.9 Å². The number of likely N-dealkylation sites (N-methyl/N-ethyl adjacent to an activating group) is 1. The van der Waals surface area contributed by atoms with Crippen LogP contribution >= 0.6 is 0 Å². The molecule has 2 N–H and O–H groups in total. The highest BCUT2D eigenvalue weighted by atomic mass is 19.4. The molecule has 4 rings (SSSR count). The van der Waals surface area contributed by atoms with E-state index in [1.165, 1.54) is 12.8 Å². The summed E-state index contributed by atoms with van der Waals surface area (Å²) in [4.78, 5) is 52.6. The van der Waals surface area contributed by atoms with E-state index in [2.05, 4.69) is 9.88 Å². The van der Waals surface area contributed by atoms with Crippen molar-refractivity contribution in [3.8, 4) is 0 Å². The second kappa shape index (κ2) is 13.5. The SMILES string of the molecule is CC(=O)N1CC2(C1)CN(CC1CC1)C(C(=O)N(C)Cc1ccccn1)CO2.O=C(O)C(F)(F)F.O=C(O)C(F)(F)F. The Balaban J connectivity index is 0.000000349. The van der Waals surface area contributed by atoms with Crippen LogP contribution in [0.1, 0.15) is 25.5 Å². The molecule has 3 heterocycles. The van der Waals surface area contributed by atoms with E-state index in [4.69, 9.17) is 24.5 Å². The van der Waals surface area contributed by atoms with Crippen LogP contribution < -0.4 is 0 Å². The summed E-state index contributed by atoms with van der Waals surface area (Å²) in [5.74, 6) is -4.65. The molecule has 1 aliphatic carbocycles. The zero-order valence-corrected chi connectivity index (χ0v) is 22.1. The molecule has 2 aliphatic heterocycles. The standard InChI is InChI=1S/C20H28N4O3.2C2HF3O2/c1-15(25)24-13-20(14-24)12-23(9-16-6-7-16)18(11-27-20)19(26)22(2)10-17-5-3-4-8-21-17;2*3-2(4,5)1(6)7/h3-5,8,16,18H,6-7,9-14H2,1-2H3;2*(H,6,7). The van der Waals surface area contributed by atoms with Gasteiger partial charge in [0, 0.05) is 33.3 Å². The van der Waals surface area contributed by atoms with E-state index in [1.807, 2.05) is 30.1 Å². The number of carboxylic acids is 2. The van der Waals surface area contributed by atoms with Gasteiger partial charge in [-0.3, -0.25) is 19.5 Å². The monoisotopic (exact) mass is 600 g/mol. The average Bonchev–Trinajstić information content (AvgIpc) is 3.66. The minimum atomic E-state index is -5.08. The van der Waals surface area contributed by atoms with Gasteiger partial charge in [-0.25, -0.2) is 9.59 Å². The van der Waals surface area contributed by atoms with E-state index in [1.54, 1.807) is 18.0 Å². The third-order valence-electron chi connectivity index (χ3n) is 6.34. The van der Waals surface area contributed by atoms with Crippen molar-refractivity contribution in [2.75, 3.05) is 39.8 Å². The molecule has 1 spiro atoms. The van der Waals surface area contributed by atoms with Crippen molar-refractivity contribution in [3.05, 3.63) is 30.1 Å². The van der Waals surface area contributed by atoms with Gasteiger partial charge in [-0.2, -0.15) is 26.3 Å².